The normalized spacial score (nSPS) is 11.3. The summed E-state index contributed by atoms with van der Waals surface area (Å²) >= 11 is 1.09. The fourth-order valence-electron chi connectivity index (χ4n) is 2.02. The topological polar surface area (TPSA) is 15.8 Å². The maximum atomic E-state index is 3.48. The van der Waals surface area contributed by atoms with Gasteiger partial charge in [0.1, 0.15) is 0 Å². The van der Waals surface area contributed by atoms with Gasteiger partial charge in [-0.2, -0.15) is 0 Å². The number of benzene rings is 2. The molecule has 3 aromatic rings. The van der Waals surface area contributed by atoms with Gasteiger partial charge in [0.2, 0.25) is 0 Å². The minimum atomic E-state index is 1.09. The summed E-state index contributed by atoms with van der Waals surface area (Å²) in [7, 11) is 0. The monoisotopic (exact) mass is 189 g/mol. The Balaban J connectivity index is 2.63. The number of para-hydroxylation sites is 2. The Morgan fingerprint density at radius 2 is 1.64 bits per heavy atom. The van der Waals surface area contributed by atoms with Gasteiger partial charge < -0.3 is 0 Å². The first-order valence-electron chi connectivity index (χ1n) is 4.82. The molecule has 1 N–H and O–H groups in total. The van der Waals surface area contributed by atoms with Gasteiger partial charge in [0.05, 0.1) is 0 Å². The van der Waals surface area contributed by atoms with E-state index in [1.807, 2.05) is 0 Å². The number of nitrogens with one attached hydrogen (secondary N) is 1. The molecule has 0 saturated carbocycles. The first-order valence-corrected chi connectivity index (χ1v) is 5.82. The van der Waals surface area contributed by atoms with Crippen molar-refractivity contribution in [1.29, 1.82) is 0 Å². The van der Waals surface area contributed by atoms with Gasteiger partial charge in [0.25, 0.3) is 0 Å². The Hall–Kier alpha value is -0.760. The number of hydrogen-bond donors (Lipinski definition) is 1. The van der Waals surface area contributed by atoms with Crippen molar-refractivity contribution < 1.29 is 0 Å². The molecule has 0 fully saturated rings. The zero-order chi connectivity index (χ0) is 9.54. The average molecular weight is 189 g/mol. The first-order chi connectivity index (χ1) is 6.86. The molecule has 1 aromatic heterocycles. The molecule has 0 radical (unpaired) electrons. The van der Waals surface area contributed by atoms with Gasteiger partial charge in [0, 0.05) is 0 Å². The predicted molar refractivity (Wildman–Crippen MR) is 61.2 cm³/mol. The van der Waals surface area contributed by atoms with Crippen LogP contribution >= 0.6 is 0 Å². The summed E-state index contributed by atoms with van der Waals surface area (Å²) in [4.78, 5) is 3.48. The van der Waals surface area contributed by atoms with Crippen molar-refractivity contribution in [3.05, 3.63) is 42.5 Å². The molecule has 0 spiro atoms. The predicted octanol–water partition coefficient (Wildman–Crippen LogP) is 2.11. The Kier molecular flexibility index (Phi) is 1.91. The third kappa shape index (κ3) is 1.13. The van der Waals surface area contributed by atoms with Crippen molar-refractivity contribution in [2.24, 2.45) is 0 Å². The van der Waals surface area contributed by atoms with E-state index in [0.717, 1.165) is 27.9 Å². The van der Waals surface area contributed by atoms with Gasteiger partial charge in [-0.25, -0.2) is 0 Å². The molecule has 0 amide bonds. The number of aromatic amines is 1. The summed E-state index contributed by atoms with van der Waals surface area (Å²) in [6.45, 7) is 0. The van der Waals surface area contributed by atoms with Gasteiger partial charge in [-0.3, -0.25) is 0 Å². The number of rotatable bonds is 0. The molecule has 62 valence electrons. The van der Waals surface area contributed by atoms with E-state index in [-0.39, 0.29) is 0 Å². The molecule has 0 atom stereocenters. The Labute approximate surface area is 99.5 Å². The summed E-state index contributed by atoms with van der Waals surface area (Å²) in [5, 5.41) is 2.69. The molecule has 0 unspecified atom stereocenters. The van der Waals surface area contributed by atoms with Crippen LogP contribution in [0.15, 0.2) is 42.5 Å². The molecule has 0 aliphatic rings. The molecule has 3 rings (SSSR count). The molecule has 0 bridgehead atoms. The Morgan fingerprint density at radius 3 is 2.57 bits per heavy atom. The van der Waals surface area contributed by atoms with Crippen molar-refractivity contribution in [3.8, 4) is 0 Å². The van der Waals surface area contributed by atoms with Gasteiger partial charge in [0.15, 0.2) is 0 Å². The van der Waals surface area contributed by atoms with Gasteiger partial charge >= 0.3 is 100.0 Å². The van der Waals surface area contributed by atoms with E-state index in [1.54, 1.807) is 0 Å². The zero-order valence-electron chi connectivity index (χ0n) is 8.04. The third-order valence-electron chi connectivity index (χ3n) is 2.75. The SMILES string of the molecule is [Na][c]1cccc2c1[nH]c1ccccc12. The van der Waals surface area contributed by atoms with Crippen LogP contribution in [0.25, 0.3) is 21.8 Å². The van der Waals surface area contributed by atoms with Crippen LogP contribution in [0.3, 0.4) is 0 Å². The van der Waals surface area contributed by atoms with E-state index in [0.29, 0.717) is 0 Å². The van der Waals surface area contributed by atoms with Crippen molar-refractivity contribution in [2.45, 2.75) is 0 Å². The standard InChI is InChI=1S/C12H8N.Na/c1-3-7-11-9(5-1)10-6-2-4-8-12(10)13-11;/h1-7,13H;. The van der Waals surface area contributed by atoms with Gasteiger partial charge in [-0.15, -0.1) is 0 Å². The Morgan fingerprint density at radius 1 is 0.857 bits per heavy atom. The molecular weight excluding hydrogens is 181 g/mol. The van der Waals surface area contributed by atoms with E-state index < -0.39 is 0 Å². The molecular formula is C12H8NNa. The first kappa shape index (κ1) is 8.54. The molecule has 14 heavy (non-hydrogen) atoms. The third-order valence-corrected chi connectivity index (χ3v) is 3.58. The second-order valence-electron chi connectivity index (χ2n) is 3.67. The number of aromatic nitrogens is 1. The molecule has 0 aliphatic heterocycles. The zero-order valence-corrected chi connectivity index (χ0v) is 10.0. The van der Waals surface area contributed by atoms with E-state index >= 15 is 0 Å². The summed E-state index contributed by atoms with van der Waals surface area (Å²) in [5.74, 6) is 0. The van der Waals surface area contributed by atoms with Crippen LogP contribution < -0.4 is 2.81 Å². The van der Waals surface area contributed by atoms with Crippen LogP contribution in [-0.4, -0.2) is 32.9 Å². The quantitative estimate of drug-likeness (QED) is 0.521. The summed E-state index contributed by atoms with van der Waals surface area (Å²) in [5.41, 5.74) is 2.56. The fourth-order valence-corrected chi connectivity index (χ4v) is 2.61. The van der Waals surface area contributed by atoms with Crippen LogP contribution in [-0.2, 0) is 0 Å². The van der Waals surface area contributed by atoms with Gasteiger partial charge in [-0.1, -0.05) is 0 Å². The second-order valence-corrected chi connectivity index (χ2v) is 4.75. The van der Waals surface area contributed by atoms with Crippen molar-refractivity contribution >= 4 is 52.5 Å². The molecule has 1 nitrogen and oxygen atoms in total. The minimum absolute atomic E-state index is 1.09. The molecule has 2 aromatic carbocycles. The van der Waals surface area contributed by atoms with Crippen molar-refractivity contribution in [1.82, 2.24) is 4.98 Å². The Bertz CT molecular complexity index is 610. The van der Waals surface area contributed by atoms with E-state index in [9.17, 15) is 0 Å². The summed E-state index contributed by atoms with van der Waals surface area (Å²) < 4.78 is 1.44. The number of fused-ring (bicyclic) bond motifs is 3. The number of hydrogen-bond acceptors (Lipinski definition) is 0. The van der Waals surface area contributed by atoms with Crippen LogP contribution in [0.5, 0.6) is 0 Å². The van der Waals surface area contributed by atoms with E-state index in [2.05, 4.69) is 47.4 Å². The van der Waals surface area contributed by atoms with Crippen LogP contribution in [0.1, 0.15) is 0 Å². The number of H-pyrrole nitrogens is 1. The molecule has 2 heteroatoms. The van der Waals surface area contributed by atoms with E-state index in [4.69, 9.17) is 0 Å². The van der Waals surface area contributed by atoms with E-state index in [1.165, 1.54) is 24.6 Å². The molecule has 0 saturated heterocycles. The fraction of sp³-hybridized carbons (Fsp3) is 0. The summed E-state index contributed by atoms with van der Waals surface area (Å²) in [6, 6.07) is 15.0. The average Bonchev–Trinajstić information content (AvgIpc) is 2.59. The summed E-state index contributed by atoms with van der Waals surface area (Å²) in [6.07, 6.45) is 0. The molecule has 1 heterocycles. The maximum absolute atomic E-state index is 3.48. The van der Waals surface area contributed by atoms with Gasteiger partial charge in [-0.05, 0) is 0 Å². The van der Waals surface area contributed by atoms with Crippen LogP contribution in [0, 0.1) is 0 Å². The second kappa shape index (κ2) is 3.13. The van der Waals surface area contributed by atoms with Crippen LogP contribution in [0.4, 0.5) is 0 Å². The van der Waals surface area contributed by atoms with Crippen LogP contribution in [0.2, 0.25) is 0 Å². The van der Waals surface area contributed by atoms with Crippen molar-refractivity contribution in [3.63, 3.8) is 0 Å². The molecule has 0 aliphatic carbocycles. The van der Waals surface area contributed by atoms with Crippen molar-refractivity contribution in [2.75, 3.05) is 0 Å².